The number of fused-ring (bicyclic) bond motifs is 1. The minimum Gasteiger partial charge on any atom is -0.373 e. The van der Waals surface area contributed by atoms with Gasteiger partial charge in [0.2, 0.25) is 5.91 Å². The number of hydrogen-bond acceptors (Lipinski definition) is 6. The average Bonchev–Trinajstić information content (AvgIpc) is 2.93. The lowest BCUT2D eigenvalue weighted by Crippen LogP contribution is -2.34. The zero-order valence-electron chi connectivity index (χ0n) is 23.3. The van der Waals surface area contributed by atoms with E-state index < -0.39 is 40.5 Å². The van der Waals surface area contributed by atoms with Gasteiger partial charge in [0, 0.05) is 41.8 Å². The molecule has 0 atom stereocenters. The number of carbonyl (C=O) groups is 2. The van der Waals surface area contributed by atoms with Crippen molar-refractivity contribution in [2.24, 2.45) is 5.41 Å². The lowest BCUT2D eigenvalue weighted by Gasteiger charge is -2.19. The molecule has 0 fully saturated rings. The number of hydrogen-bond donors (Lipinski definition) is 3. The Kier molecular flexibility index (Phi) is 8.34. The van der Waals surface area contributed by atoms with E-state index in [2.05, 4.69) is 30.9 Å². The molecule has 4 rings (SSSR count). The fraction of sp³-hybridized carbons (Fsp3) is 0.276. The van der Waals surface area contributed by atoms with Crippen LogP contribution in [-0.2, 0) is 23.7 Å². The molecule has 43 heavy (non-hydrogen) atoms. The summed E-state index contributed by atoms with van der Waals surface area (Å²) in [5.74, 6) is -1.01. The summed E-state index contributed by atoms with van der Waals surface area (Å²) in [7, 11) is 1.57. The first-order chi connectivity index (χ1) is 20.0. The van der Waals surface area contributed by atoms with Crippen LogP contribution in [0.1, 0.15) is 48.0 Å². The third-order valence-electron chi connectivity index (χ3n) is 6.27. The summed E-state index contributed by atoms with van der Waals surface area (Å²) in [6, 6.07) is 9.38. The predicted octanol–water partition coefficient (Wildman–Crippen LogP) is 6.69. The van der Waals surface area contributed by atoms with Crippen LogP contribution in [0, 0.1) is 5.41 Å². The second-order valence-electron chi connectivity index (χ2n) is 10.6. The Bertz CT molecular complexity index is 1680. The molecular formula is C29H26F6N6O2. The third kappa shape index (κ3) is 7.19. The summed E-state index contributed by atoms with van der Waals surface area (Å²) >= 11 is 0. The Morgan fingerprint density at radius 3 is 2.16 bits per heavy atom. The number of nitrogens with zero attached hydrogens (tertiary/aromatic N) is 3. The highest BCUT2D eigenvalue weighted by Crippen LogP contribution is 2.34. The van der Waals surface area contributed by atoms with Gasteiger partial charge in [-0.3, -0.25) is 14.6 Å². The molecule has 0 spiro atoms. The van der Waals surface area contributed by atoms with Crippen LogP contribution >= 0.6 is 0 Å². The minimum atomic E-state index is -4.83. The maximum Gasteiger partial charge on any atom is 0.433 e. The van der Waals surface area contributed by atoms with Crippen LogP contribution in [0.5, 0.6) is 0 Å². The van der Waals surface area contributed by atoms with Crippen LogP contribution in [0.3, 0.4) is 0 Å². The fourth-order valence-corrected chi connectivity index (χ4v) is 4.00. The topological polar surface area (TPSA) is 109 Å². The molecule has 226 valence electrons. The minimum absolute atomic E-state index is 0.0333. The fourth-order valence-electron chi connectivity index (χ4n) is 4.00. The molecule has 0 aliphatic carbocycles. The van der Waals surface area contributed by atoms with E-state index in [1.807, 2.05) is 0 Å². The van der Waals surface area contributed by atoms with E-state index in [0.717, 1.165) is 30.5 Å². The first-order valence-electron chi connectivity index (χ1n) is 12.8. The molecule has 2 amide bonds. The monoisotopic (exact) mass is 604 g/mol. The Balaban J connectivity index is 1.67. The normalized spacial score (nSPS) is 12.2. The second-order valence-corrected chi connectivity index (χ2v) is 10.6. The SMILES string of the molecule is CNc1nc(-c2ccc(C(F)(F)F)nc2)nc2cc(NC(=O)c3cc(CNC(=O)C(C)(C)C)ccc3C(F)(F)F)ccc12. The Labute approximate surface area is 242 Å². The maximum atomic E-state index is 13.8. The van der Waals surface area contributed by atoms with Crippen molar-refractivity contribution in [1.29, 1.82) is 0 Å². The van der Waals surface area contributed by atoms with E-state index in [9.17, 15) is 35.9 Å². The second kappa shape index (κ2) is 11.5. The van der Waals surface area contributed by atoms with E-state index in [1.54, 1.807) is 27.8 Å². The number of benzene rings is 2. The molecule has 0 bridgehead atoms. The number of rotatable bonds is 6. The zero-order chi connectivity index (χ0) is 31.7. The number of alkyl halides is 6. The predicted molar refractivity (Wildman–Crippen MR) is 148 cm³/mol. The van der Waals surface area contributed by atoms with Crippen LogP contribution in [-0.4, -0.2) is 33.8 Å². The van der Waals surface area contributed by atoms with E-state index in [1.165, 1.54) is 24.3 Å². The summed E-state index contributed by atoms with van der Waals surface area (Å²) in [5, 5.41) is 8.45. The molecule has 2 aromatic heterocycles. The summed E-state index contributed by atoms with van der Waals surface area (Å²) in [6.45, 7) is 4.97. The van der Waals surface area contributed by atoms with Crippen molar-refractivity contribution in [3.8, 4) is 11.4 Å². The van der Waals surface area contributed by atoms with Gasteiger partial charge in [0.05, 0.1) is 16.6 Å². The van der Waals surface area contributed by atoms with Crippen molar-refractivity contribution in [1.82, 2.24) is 20.3 Å². The van der Waals surface area contributed by atoms with Crippen molar-refractivity contribution in [2.45, 2.75) is 39.7 Å². The Morgan fingerprint density at radius 1 is 0.860 bits per heavy atom. The lowest BCUT2D eigenvalue weighted by molar-refractivity contribution is -0.141. The number of aromatic nitrogens is 3. The highest BCUT2D eigenvalue weighted by Gasteiger charge is 2.35. The number of nitrogens with one attached hydrogen (secondary N) is 3. The quantitative estimate of drug-likeness (QED) is 0.212. The number of anilines is 2. The van der Waals surface area contributed by atoms with Crippen molar-refractivity contribution >= 4 is 34.2 Å². The van der Waals surface area contributed by atoms with Gasteiger partial charge in [-0.25, -0.2) is 9.97 Å². The third-order valence-corrected chi connectivity index (χ3v) is 6.27. The highest BCUT2D eigenvalue weighted by atomic mass is 19.4. The van der Waals surface area contributed by atoms with E-state index >= 15 is 0 Å². The van der Waals surface area contributed by atoms with Gasteiger partial charge in [-0.2, -0.15) is 26.3 Å². The molecule has 0 saturated heterocycles. The molecule has 0 unspecified atom stereocenters. The van der Waals surface area contributed by atoms with Gasteiger partial charge < -0.3 is 16.0 Å². The smallest absolute Gasteiger partial charge is 0.373 e. The number of halogens is 6. The van der Waals surface area contributed by atoms with Gasteiger partial charge >= 0.3 is 12.4 Å². The van der Waals surface area contributed by atoms with E-state index in [-0.39, 0.29) is 40.6 Å². The molecule has 8 nitrogen and oxygen atoms in total. The molecule has 0 radical (unpaired) electrons. The van der Waals surface area contributed by atoms with Gasteiger partial charge in [0.25, 0.3) is 5.91 Å². The molecule has 0 saturated carbocycles. The largest absolute Gasteiger partial charge is 0.433 e. The van der Waals surface area contributed by atoms with Crippen molar-refractivity contribution in [3.63, 3.8) is 0 Å². The van der Waals surface area contributed by atoms with Crippen LogP contribution in [0.15, 0.2) is 54.7 Å². The van der Waals surface area contributed by atoms with Crippen molar-refractivity contribution < 1.29 is 35.9 Å². The van der Waals surface area contributed by atoms with Crippen molar-refractivity contribution in [2.75, 3.05) is 17.7 Å². The first-order valence-corrected chi connectivity index (χ1v) is 12.8. The Morgan fingerprint density at radius 2 is 1.58 bits per heavy atom. The molecule has 3 N–H and O–H groups in total. The van der Waals surface area contributed by atoms with Crippen LogP contribution in [0.4, 0.5) is 37.8 Å². The summed E-state index contributed by atoms with van der Waals surface area (Å²) in [4.78, 5) is 37.5. The standard InChI is InChI=1S/C29H26F6N6O2/c1-27(2,3)26(43)38-13-15-5-9-20(28(30,31)32)19(11-15)25(42)39-17-7-8-18-21(12-17)40-23(41-24(18)36-4)16-6-10-22(37-14-16)29(33,34)35/h5-12,14H,13H2,1-4H3,(H,38,43)(H,39,42)(H,36,40,41). The van der Waals surface area contributed by atoms with Crippen molar-refractivity contribution in [3.05, 3.63) is 77.1 Å². The maximum absolute atomic E-state index is 13.8. The van der Waals surface area contributed by atoms with Crippen LogP contribution < -0.4 is 16.0 Å². The number of amides is 2. The summed E-state index contributed by atoms with van der Waals surface area (Å²) in [5.41, 5.74) is -2.78. The summed E-state index contributed by atoms with van der Waals surface area (Å²) in [6.07, 6.45) is -8.48. The Hall–Kier alpha value is -4.75. The molecule has 0 aliphatic rings. The van der Waals surface area contributed by atoms with Crippen LogP contribution in [0.25, 0.3) is 22.3 Å². The average molecular weight is 605 g/mol. The molecular weight excluding hydrogens is 578 g/mol. The van der Waals surface area contributed by atoms with Gasteiger partial charge in [-0.15, -0.1) is 0 Å². The molecule has 2 aromatic carbocycles. The van der Waals surface area contributed by atoms with E-state index in [4.69, 9.17) is 0 Å². The van der Waals surface area contributed by atoms with Gasteiger partial charge in [0.15, 0.2) is 5.82 Å². The van der Waals surface area contributed by atoms with Gasteiger partial charge in [0.1, 0.15) is 11.5 Å². The molecule has 2 heterocycles. The van der Waals surface area contributed by atoms with Crippen LogP contribution in [0.2, 0.25) is 0 Å². The van der Waals surface area contributed by atoms with Gasteiger partial charge in [-0.05, 0) is 48.0 Å². The lowest BCUT2D eigenvalue weighted by atomic mass is 9.95. The zero-order valence-corrected chi connectivity index (χ0v) is 23.3. The molecule has 4 aromatic rings. The van der Waals surface area contributed by atoms with E-state index in [0.29, 0.717) is 11.2 Å². The summed E-state index contributed by atoms with van der Waals surface area (Å²) < 4.78 is 80.2. The molecule has 0 aliphatic heterocycles. The number of pyridine rings is 1. The van der Waals surface area contributed by atoms with Gasteiger partial charge in [-0.1, -0.05) is 26.8 Å². The highest BCUT2D eigenvalue weighted by molar-refractivity contribution is 6.06. The molecule has 14 heteroatoms. The first kappa shape index (κ1) is 31.2. The number of carbonyl (C=O) groups excluding carboxylic acids is 2.